The summed E-state index contributed by atoms with van der Waals surface area (Å²) in [4.78, 5) is 27.9. The summed E-state index contributed by atoms with van der Waals surface area (Å²) < 4.78 is 0.784. The van der Waals surface area contributed by atoms with E-state index in [1.807, 2.05) is 18.2 Å². The maximum atomic E-state index is 13.2. The monoisotopic (exact) mass is 615 g/mol. The van der Waals surface area contributed by atoms with Crippen molar-refractivity contribution < 1.29 is 14.7 Å². The van der Waals surface area contributed by atoms with Crippen LogP contribution in [-0.4, -0.2) is 28.2 Å². The molecule has 1 aliphatic rings. The maximum Gasteiger partial charge on any atom is 0.295 e. The molecule has 1 atom stereocenters. The predicted octanol–water partition coefficient (Wildman–Crippen LogP) is 10.0. The van der Waals surface area contributed by atoms with E-state index in [2.05, 4.69) is 22.9 Å². The third-order valence-corrected chi connectivity index (χ3v) is 8.32. The minimum absolute atomic E-state index is 0.130. The van der Waals surface area contributed by atoms with Crippen LogP contribution in [0.4, 0.5) is 0 Å². The molecule has 2 aromatic rings. The smallest absolute Gasteiger partial charge is 0.295 e. The first-order valence-corrected chi connectivity index (χ1v) is 15.9. The number of benzene rings is 2. The molecule has 4 nitrogen and oxygen atoms in total. The normalized spacial score (nSPS) is 16.8. The van der Waals surface area contributed by atoms with Crippen molar-refractivity contribution >= 4 is 45.0 Å². The van der Waals surface area contributed by atoms with E-state index in [0.717, 1.165) is 29.3 Å². The lowest BCUT2D eigenvalue weighted by Gasteiger charge is -2.25. The third kappa shape index (κ3) is 9.49. The Hall–Kier alpha value is -2.11. The van der Waals surface area contributed by atoms with Crippen molar-refractivity contribution in [3.63, 3.8) is 0 Å². The molecular formula is C33H43BrClNO3. The van der Waals surface area contributed by atoms with Gasteiger partial charge < -0.3 is 10.0 Å². The Kier molecular flexibility index (Phi) is 13.6. The van der Waals surface area contributed by atoms with E-state index >= 15 is 0 Å². The zero-order chi connectivity index (χ0) is 28.0. The van der Waals surface area contributed by atoms with Gasteiger partial charge in [-0.05, 0) is 36.2 Å². The molecule has 1 saturated heterocycles. The van der Waals surface area contributed by atoms with Crippen molar-refractivity contribution in [1.29, 1.82) is 0 Å². The number of carbonyl (C=O) groups is 2. The number of nitrogens with zero attached hydrogens (tertiary/aromatic N) is 1. The van der Waals surface area contributed by atoms with Gasteiger partial charge in [0.05, 0.1) is 11.6 Å². The number of amides is 1. The van der Waals surface area contributed by atoms with Crippen LogP contribution in [0.3, 0.4) is 0 Å². The summed E-state index contributed by atoms with van der Waals surface area (Å²) in [6.07, 6.45) is 17.6. The van der Waals surface area contributed by atoms with Crippen LogP contribution in [0.1, 0.15) is 114 Å². The average Bonchev–Trinajstić information content (AvgIpc) is 3.18. The van der Waals surface area contributed by atoms with E-state index in [0.29, 0.717) is 17.1 Å². The number of hydrogen-bond acceptors (Lipinski definition) is 3. The molecule has 3 rings (SSSR count). The van der Waals surface area contributed by atoms with E-state index < -0.39 is 17.7 Å². The molecule has 2 aromatic carbocycles. The molecule has 0 aromatic heterocycles. The van der Waals surface area contributed by atoms with Gasteiger partial charge in [-0.3, -0.25) is 9.59 Å². The maximum absolute atomic E-state index is 13.2. The molecule has 1 aliphatic heterocycles. The zero-order valence-electron chi connectivity index (χ0n) is 23.3. The highest BCUT2D eigenvalue weighted by atomic mass is 79.9. The number of rotatable bonds is 17. The van der Waals surface area contributed by atoms with Gasteiger partial charge in [-0.25, -0.2) is 0 Å². The molecule has 1 amide bonds. The number of carbonyl (C=O) groups excluding carboxylic acids is 2. The number of aliphatic hydroxyl groups excluding tert-OH is 1. The van der Waals surface area contributed by atoms with Crippen molar-refractivity contribution in [2.75, 3.05) is 6.54 Å². The summed E-state index contributed by atoms with van der Waals surface area (Å²) in [5, 5.41) is 11.7. The Balaban J connectivity index is 1.53. The molecule has 1 N–H and O–H groups in total. The summed E-state index contributed by atoms with van der Waals surface area (Å²) in [5.74, 6) is -1.35. The molecule has 0 radical (unpaired) electrons. The molecule has 39 heavy (non-hydrogen) atoms. The molecule has 1 heterocycles. The minimum Gasteiger partial charge on any atom is -0.507 e. The van der Waals surface area contributed by atoms with Gasteiger partial charge in [0.25, 0.3) is 11.7 Å². The van der Waals surface area contributed by atoms with Gasteiger partial charge >= 0.3 is 0 Å². The van der Waals surface area contributed by atoms with Crippen LogP contribution >= 0.6 is 27.5 Å². The lowest BCUT2D eigenvalue weighted by atomic mass is 9.95. The van der Waals surface area contributed by atoms with E-state index in [1.54, 1.807) is 35.2 Å². The van der Waals surface area contributed by atoms with E-state index in [4.69, 9.17) is 11.6 Å². The molecule has 212 valence electrons. The number of likely N-dealkylation sites (tertiary alicyclic amines) is 1. The third-order valence-electron chi connectivity index (χ3n) is 7.58. The Morgan fingerprint density at radius 2 is 1.36 bits per heavy atom. The number of halogens is 2. The Morgan fingerprint density at radius 1 is 0.821 bits per heavy atom. The van der Waals surface area contributed by atoms with Crippen LogP contribution in [-0.2, 0) is 9.59 Å². The van der Waals surface area contributed by atoms with Crippen LogP contribution < -0.4 is 0 Å². The summed E-state index contributed by atoms with van der Waals surface area (Å²) in [6.45, 7) is 2.74. The van der Waals surface area contributed by atoms with E-state index in [-0.39, 0.29) is 11.3 Å². The lowest BCUT2D eigenvalue weighted by Crippen LogP contribution is -2.30. The standard InChI is InChI=1S/C33H43BrClNO3/c1-2-3-4-5-6-7-8-9-10-11-12-13-14-15-23-36-30(25-19-21-28(35)22-20-25)29(32(38)33(36)39)31(37)26-17-16-18-27(34)24-26/h16-22,24,30,37H,2-15,23H2,1H3/t30-/m0/s1. The fourth-order valence-corrected chi connectivity index (χ4v) is 5.90. The van der Waals surface area contributed by atoms with Gasteiger partial charge in [-0.1, -0.05) is 142 Å². The van der Waals surface area contributed by atoms with E-state index in [1.165, 1.54) is 70.6 Å². The molecule has 0 bridgehead atoms. The average molecular weight is 617 g/mol. The topological polar surface area (TPSA) is 57.6 Å². The van der Waals surface area contributed by atoms with Gasteiger partial charge in [0.2, 0.25) is 0 Å². The number of unbranched alkanes of at least 4 members (excludes halogenated alkanes) is 13. The highest BCUT2D eigenvalue weighted by Crippen LogP contribution is 2.40. The number of Topliss-reactive ketones (excluding diaryl/α,β-unsaturated/α-hetero) is 1. The molecule has 0 unspecified atom stereocenters. The minimum atomic E-state index is -0.641. The van der Waals surface area contributed by atoms with Crippen molar-refractivity contribution in [3.05, 3.63) is 74.7 Å². The quantitative estimate of drug-likeness (QED) is 0.0833. The molecule has 0 spiro atoms. The second-order valence-electron chi connectivity index (χ2n) is 10.7. The molecule has 1 fully saturated rings. The molecule has 0 saturated carbocycles. The summed E-state index contributed by atoms with van der Waals surface area (Å²) in [7, 11) is 0. The predicted molar refractivity (Wildman–Crippen MR) is 165 cm³/mol. The SMILES string of the molecule is CCCCCCCCCCCCCCCCN1C(=O)C(=O)C(=C(O)c2cccc(Br)c2)[C@@H]1c1ccc(Cl)cc1. The molecular weight excluding hydrogens is 574 g/mol. The fourth-order valence-electron chi connectivity index (χ4n) is 5.37. The first-order chi connectivity index (χ1) is 18.9. The van der Waals surface area contributed by atoms with Crippen LogP contribution in [0, 0.1) is 0 Å². The van der Waals surface area contributed by atoms with Crippen LogP contribution in [0.2, 0.25) is 5.02 Å². The lowest BCUT2D eigenvalue weighted by molar-refractivity contribution is -0.139. The Labute approximate surface area is 248 Å². The summed E-state index contributed by atoms with van der Waals surface area (Å²) >= 11 is 9.53. The van der Waals surface area contributed by atoms with E-state index in [9.17, 15) is 14.7 Å². The Bertz CT molecular complexity index is 1100. The largest absolute Gasteiger partial charge is 0.507 e. The second-order valence-corrected chi connectivity index (χ2v) is 12.0. The van der Waals surface area contributed by atoms with Crippen LogP contribution in [0.15, 0.2) is 58.6 Å². The van der Waals surface area contributed by atoms with Gasteiger partial charge in [0.1, 0.15) is 5.76 Å². The van der Waals surface area contributed by atoms with Gasteiger partial charge in [-0.15, -0.1) is 0 Å². The van der Waals surface area contributed by atoms with Crippen molar-refractivity contribution in [1.82, 2.24) is 4.90 Å². The van der Waals surface area contributed by atoms with Crippen molar-refractivity contribution in [2.45, 2.75) is 103 Å². The molecule has 0 aliphatic carbocycles. The van der Waals surface area contributed by atoms with Crippen LogP contribution in [0.5, 0.6) is 0 Å². The first-order valence-electron chi connectivity index (χ1n) is 14.7. The fraction of sp³-hybridized carbons (Fsp3) is 0.515. The van der Waals surface area contributed by atoms with Gasteiger partial charge in [0, 0.05) is 21.6 Å². The number of hydrogen-bond donors (Lipinski definition) is 1. The first kappa shape index (κ1) is 31.4. The van der Waals surface area contributed by atoms with Gasteiger partial charge in [0.15, 0.2) is 0 Å². The number of aliphatic hydroxyl groups is 1. The summed E-state index contributed by atoms with van der Waals surface area (Å²) in [6, 6.07) is 13.6. The van der Waals surface area contributed by atoms with Crippen molar-refractivity contribution in [3.8, 4) is 0 Å². The highest BCUT2D eigenvalue weighted by Gasteiger charge is 2.45. The number of ketones is 1. The van der Waals surface area contributed by atoms with Gasteiger partial charge in [-0.2, -0.15) is 0 Å². The van der Waals surface area contributed by atoms with Crippen molar-refractivity contribution in [2.24, 2.45) is 0 Å². The van der Waals surface area contributed by atoms with Crippen LogP contribution in [0.25, 0.3) is 5.76 Å². The second kappa shape index (κ2) is 16.9. The summed E-state index contributed by atoms with van der Waals surface area (Å²) in [5.41, 5.74) is 1.39. The molecule has 6 heteroatoms. The zero-order valence-corrected chi connectivity index (χ0v) is 25.6. The highest BCUT2D eigenvalue weighted by molar-refractivity contribution is 9.10. The Morgan fingerprint density at radius 3 is 1.90 bits per heavy atom.